The summed E-state index contributed by atoms with van der Waals surface area (Å²) in [5.74, 6) is 0.392. The van der Waals surface area contributed by atoms with Crippen LogP contribution in [0.5, 0.6) is 0 Å². The van der Waals surface area contributed by atoms with Gasteiger partial charge in [-0.15, -0.1) is 5.10 Å². The molecule has 2 heterocycles. The number of benzene rings is 1. The zero-order chi connectivity index (χ0) is 13.9. The molecule has 0 aliphatic heterocycles. The third kappa shape index (κ3) is 2.70. The molecule has 3 aromatic rings. The number of anilines is 2. The average molecular weight is 331 g/mol. The SMILES string of the molecule is Cc1cccc(-c2nnc(Nc3ccccc3Br)o2)n1. The standard InChI is InChI=1S/C14H11BrN4O/c1-9-5-4-8-12(16-9)13-18-19-14(20-13)17-11-7-3-2-6-10(11)15/h2-8H,1H3,(H,17,19). The van der Waals surface area contributed by atoms with E-state index in [2.05, 4.69) is 36.4 Å². The van der Waals surface area contributed by atoms with Crippen LogP contribution >= 0.6 is 15.9 Å². The number of nitrogens with one attached hydrogen (secondary N) is 1. The second-order valence-corrected chi connectivity index (χ2v) is 5.04. The Balaban J connectivity index is 1.86. The van der Waals surface area contributed by atoms with Gasteiger partial charge in [0.05, 0.1) is 5.69 Å². The van der Waals surface area contributed by atoms with Gasteiger partial charge in [-0.2, -0.15) is 0 Å². The Hall–Kier alpha value is -2.21. The molecule has 0 saturated heterocycles. The zero-order valence-electron chi connectivity index (χ0n) is 10.7. The Morgan fingerprint density at radius 2 is 1.90 bits per heavy atom. The van der Waals surface area contributed by atoms with Crippen molar-refractivity contribution in [2.24, 2.45) is 0 Å². The van der Waals surface area contributed by atoms with E-state index < -0.39 is 0 Å². The number of para-hydroxylation sites is 1. The van der Waals surface area contributed by atoms with E-state index in [1.165, 1.54) is 0 Å². The Labute approximate surface area is 124 Å². The van der Waals surface area contributed by atoms with Gasteiger partial charge in [0.25, 0.3) is 5.89 Å². The molecule has 0 bridgehead atoms. The number of hydrogen-bond donors (Lipinski definition) is 1. The van der Waals surface area contributed by atoms with Gasteiger partial charge in [0.15, 0.2) is 0 Å². The number of pyridine rings is 1. The topological polar surface area (TPSA) is 63.8 Å². The molecule has 1 N–H and O–H groups in total. The molecule has 0 aliphatic carbocycles. The van der Waals surface area contributed by atoms with Crippen LogP contribution in [0.4, 0.5) is 11.7 Å². The summed E-state index contributed by atoms with van der Waals surface area (Å²) in [5.41, 5.74) is 2.43. The largest absolute Gasteiger partial charge is 0.401 e. The number of rotatable bonds is 3. The highest BCUT2D eigenvalue weighted by molar-refractivity contribution is 9.10. The van der Waals surface area contributed by atoms with Crippen molar-refractivity contribution in [1.29, 1.82) is 0 Å². The van der Waals surface area contributed by atoms with Crippen LogP contribution in [0.3, 0.4) is 0 Å². The second-order valence-electron chi connectivity index (χ2n) is 4.18. The molecule has 0 aliphatic rings. The highest BCUT2D eigenvalue weighted by Gasteiger charge is 2.10. The predicted octanol–water partition coefficient (Wildman–Crippen LogP) is 3.95. The van der Waals surface area contributed by atoms with Crippen LogP contribution in [0.1, 0.15) is 5.69 Å². The molecule has 2 aromatic heterocycles. The number of aryl methyl sites for hydroxylation is 1. The highest BCUT2D eigenvalue weighted by atomic mass is 79.9. The van der Waals surface area contributed by atoms with Crippen LogP contribution in [0.25, 0.3) is 11.6 Å². The van der Waals surface area contributed by atoms with Crippen molar-refractivity contribution in [3.8, 4) is 11.6 Å². The summed E-state index contributed by atoms with van der Waals surface area (Å²) in [6, 6.07) is 13.7. The summed E-state index contributed by atoms with van der Waals surface area (Å²) in [4.78, 5) is 4.35. The summed E-state index contributed by atoms with van der Waals surface area (Å²) in [6.07, 6.45) is 0. The molecule has 5 nitrogen and oxygen atoms in total. The molecule has 1 aromatic carbocycles. The Morgan fingerprint density at radius 1 is 1.05 bits per heavy atom. The normalized spacial score (nSPS) is 10.5. The van der Waals surface area contributed by atoms with E-state index in [0.717, 1.165) is 15.9 Å². The third-order valence-corrected chi connectivity index (χ3v) is 3.34. The quantitative estimate of drug-likeness (QED) is 0.787. The maximum atomic E-state index is 5.57. The van der Waals surface area contributed by atoms with Gasteiger partial charge >= 0.3 is 6.01 Å². The molecule has 0 spiro atoms. The van der Waals surface area contributed by atoms with Gasteiger partial charge in [0, 0.05) is 10.2 Å². The van der Waals surface area contributed by atoms with Crippen LogP contribution in [0, 0.1) is 6.92 Å². The first-order valence-electron chi connectivity index (χ1n) is 6.01. The second kappa shape index (κ2) is 5.42. The minimum Gasteiger partial charge on any atom is -0.401 e. The van der Waals surface area contributed by atoms with Gasteiger partial charge in [-0.05, 0) is 47.1 Å². The van der Waals surface area contributed by atoms with Gasteiger partial charge in [0.1, 0.15) is 5.69 Å². The molecule has 0 saturated carbocycles. The number of hydrogen-bond acceptors (Lipinski definition) is 5. The molecule has 100 valence electrons. The fourth-order valence-corrected chi connectivity index (χ4v) is 2.10. The van der Waals surface area contributed by atoms with Crippen LogP contribution < -0.4 is 5.32 Å². The monoisotopic (exact) mass is 330 g/mol. The fourth-order valence-electron chi connectivity index (χ4n) is 1.72. The van der Waals surface area contributed by atoms with Crippen LogP contribution in [-0.2, 0) is 0 Å². The fraction of sp³-hybridized carbons (Fsp3) is 0.0714. The van der Waals surface area contributed by atoms with Gasteiger partial charge < -0.3 is 9.73 Å². The number of halogens is 1. The van der Waals surface area contributed by atoms with E-state index in [4.69, 9.17) is 4.42 Å². The van der Waals surface area contributed by atoms with E-state index in [0.29, 0.717) is 17.6 Å². The minimum atomic E-state index is 0.329. The highest BCUT2D eigenvalue weighted by Crippen LogP contribution is 2.26. The van der Waals surface area contributed by atoms with Gasteiger partial charge in [0.2, 0.25) is 0 Å². The lowest BCUT2D eigenvalue weighted by molar-refractivity contribution is 0.585. The average Bonchev–Trinajstić information content (AvgIpc) is 2.90. The van der Waals surface area contributed by atoms with Crippen molar-refractivity contribution in [1.82, 2.24) is 15.2 Å². The smallest absolute Gasteiger partial charge is 0.320 e. The summed E-state index contributed by atoms with van der Waals surface area (Å²) in [7, 11) is 0. The zero-order valence-corrected chi connectivity index (χ0v) is 12.3. The maximum Gasteiger partial charge on any atom is 0.320 e. The van der Waals surface area contributed by atoms with Crippen molar-refractivity contribution < 1.29 is 4.42 Å². The maximum absolute atomic E-state index is 5.57. The van der Waals surface area contributed by atoms with Crippen LogP contribution in [0.15, 0.2) is 51.4 Å². The summed E-state index contributed by atoms with van der Waals surface area (Å²) >= 11 is 3.45. The first kappa shape index (κ1) is 12.8. The van der Waals surface area contributed by atoms with E-state index in [9.17, 15) is 0 Å². The number of aromatic nitrogens is 3. The van der Waals surface area contributed by atoms with E-state index in [1.807, 2.05) is 49.4 Å². The van der Waals surface area contributed by atoms with Gasteiger partial charge in [-0.3, -0.25) is 0 Å². The molecule has 0 fully saturated rings. The molecule has 20 heavy (non-hydrogen) atoms. The predicted molar refractivity (Wildman–Crippen MR) is 79.7 cm³/mol. The first-order chi connectivity index (χ1) is 9.72. The van der Waals surface area contributed by atoms with Gasteiger partial charge in [-0.1, -0.05) is 23.3 Å². The third-order valence-electron chi connectivity index (χ3n) is 2.65. The molecule has 0 atom stereocenters. The molecule has 0 radical (unpaired) electrons. The van der Waals surface area contributed by atoms with Crippen molar-refractivity contribution in [3.05, 3.63) is 52.6 Å². The first-order valence-corrected chi connectivity index (χ1v) is 6.81. The van der Waals surface area contributed by atoms with Crippen molar-refractivity contribution in [2.75, 3.05) is 5.32 Å². The summed E-state index contributed by atoms with van der Waals surface area (Å²) in [6.45, 7) is 1.92. The van der Waals surface area contributed by atoms with Crippen molar-refractivity contribution >= 4 is 27.6 Å². The molecule has 0 unspecified atom stereocenters. The Kier molecular flexibility index (Phi) is 3.47. The van der Waals surface area contributed by atoms with Crippen molar-refractivity contribution in [2.45, 2.75) is 6.92 Å². The van der Waals surface area contributed by atoms with Crippen LogP contribution in [-0.4, -0.2) is 15.2 Å². The van der Waals surface area contributed by atoms with Crippen molar-refractivity contribution in [3.63, 3.8) is 0 Å². The lowest BCUT2D eigenvalue weighted by Gasteiger charge is -2.02. The number of nitrogens with zero attached hydrogens (tertiary/aromatic N) is 3. The minimum absolute atomic E-state index is 0.329. The lowest BCUT2D eigenvalue weighted by atomic mass is 10.3. The molecule has 0 amide bonds. The summed E-state index contributed by atoms with van der Waals surface area (Å²) < 4.78 is 6.49. The van der Waals surface area contributed by atoms with Crippen LogP contribution in [0.2, 0.25) is 0 Å². The molecular weight excluding hydrogens is 320 g/mol. The summed E-state index contributed by atoms with van der Waals surface area (Å²) in [5, 5.41) is 11.0. The Morgan fingerprint density at radius 3 is 2.70 bits per heavy atom. The van der Waals surface area contributed by atoms with E-state index in [1.54, 1.807) is 0 Å². The molecule has 3 rings (SSSR count). The lowest BCUT2D eigenvalue weighted by Crippen LogP contribution is -1.90. The molecule has 6 heteroatoms. The van der Waals surface area contributed by atoms with Gasteiger partial charge in [-0.25, -0.2) is 4.98 Å². The van der Waals surface area contributed by atoms with E-state index in [-0.39, 0.29) is 0 Å². The Bertz CT molecular complexity index is 741. The molecular formula is C14H11BrN4O. The van der Waals surface area contributed by atoms with E-state index >= 15 is 0 Å².